The molecule has 0 radical (unpaired) electrons. The van der Waals surface area contributed by atoms with Gasteiger partial charge in [0.15, 0.2) is 0 Å². The Kier molecular flexibility index (Phi) is 3.87. The van der Waals surface area contributed by atoms with Crippen molar-refractivity contribution in [2.45, 2.75) is 110 Å². The van der Waals surface area contributed by atoms with Crippen LogP contribution in [-0.4, -0.2) is 40.8 Å². The molecular formula is C30H43NO2. The van der Waals surface area contributed by atoms with Gasteiger partial charge in [-0.1, -0.05) is 39.8 Å². The Morgan fingerprint density at radius 2 is 1.88 bits per heavy atom. The topological polar surface area (TPSA) is 32.7 Å². The lowest BCUT2D eigenvalue weighted by Crippen LogP contribution is -2.80. The zero-order valence-corrected chi connectivity index (χ0v) is 21.6. The van der Waals surface area contributed by atoms with Gasteiger partial charge in [0.25, 0.3) is 0 Å². The van der Waals surface area contributed by atoms with Gasteiger partial charge in [0.2, 0.25) is 0 Å². The van der Waals surface area contributed by atoms with Crippen LogP contribution >= 0.6 is 0 Å². The number of rotatable bonds is 3. The van der Waals surface area contributed by atoms with Gasteiger partial charge in [0.05, 0.1) is 5.60 Å². The van der Waals surface area contributed by atoms with E-state index in [4.69, 9.17) is 4.74 Å². The average Bonchev–Trinajstić information content (AvgIpc) is 3.48. The number of hydrogen-bond donors (Lipinski definition) is 1. The molecule has 4 saturated carbocycles. The standard InChI is InChI=1S/C30H43NO2/c1-18-7-10-20-15-22-29-12-11-27(5,21(16-29)28(6,32)26(2,3)4)25-30(29,23(20)24(18)33-25)13-14-31(22)17-19-8-9-19/h7,10,19,21-22,25,32H,8-9,11-17H2,1-6H3/t21?,22-,25?,27?,28?,29?,30+/m1/s1. The predicted molar refractivity (Wildman–Crippen MR) is 132 cm³/mol. The van der Waals surface area contributed by atoms with E-state index in [1.807, 2.05) is 0 Å². The molecule has 33 heavy (non-hydrogen) atoms. The summed E-state index contributed by atoms with van der Waals surface area (Å²) in [5, 5.41) is 12.2. The number of benzene rings is 1. The maximum absolute atomic E-state index is 12.2. The van der Waals surface area contributed by atoms with E-state index in [2.05, 4.69) is 58.6 Å². The Labute approximate surface area is 200 Å². The van der Waals surface area contributed by atoms with Gasteiger partial charge in [-0.05, 0) is 93.7 Å². The smallest absolute Gasteiger partial charge is 0.126 e. The van der Waals surface area contributed by atoms with Crippen molar-refractivity contribution in [3.63, 3.8) is 0 Å². The number of likely N-dealkylation sites (tertiary alicyclic amines) is 1. The SMILES string of the molecule is Cc1ccc2c3c1OC1C4(C)CCC5(CC4C(C)(O)C(C)(C)C)[C@@H](C2)N(CC2CC2)CC[C@]315. The molecule has 0 amide bonds. The van der Waals surface area contributed by atoms with E-state index in [0.717, 1.165) is 12.3 Å². The molecule has 5 unspecified atom stereocenters. The van der Waals surface area contributed by atoms with Gasteiger partial charge in [0, 0.05) is 34.4 Å². The van der Waals surface area contributed by atoms with Crippen molar-refractivity contribution >= 4 is 0 Å². The fourth-order valence-corrected chi connectivity index (χ4v) is 9.86. The monoisotopic (exact) mass is 449 g/mol. The van der Waals surface area contributed by atoms with E-state index >= 15 is 0 Å². The molecule has 5 fully saturated rings. The summed E-state index contributed by atoms with van der Waals surface area (Å²) < 4.78 is 7.18. The second kappa shape index (κ2) is 6.01. The Balaban J connectivity index is 1.46. The lowest BCUT2D eigenvalue weighted by atomic mass is 9.31. The number of nitrogens with zero attached hydrogens (tertiary/aromatic N) is 1. The minimum atomic E-state index is -0.722. The van der Waals surface area contributed by atoms with Gasteiger partial charge in [0.1, 0.15) is 11.9 Å². The Bertz CT molecular complexity index is 1030. The van der Waals surface area contributed by atoms with E-state index in [1.54, 1.807) is 11.1 Å². The summed E-state index contributed by atoms with van der Waals surface area (Å²) in [6.45, 7) is 16.1. The van der Waals surface area contributed by atoms with Gasteiger partial charge in [-0.3, -0.25) is 4.90 Å². The molecule has 180 valence electrons. The van der Waals surface area contributed by atoms with Gasteiger partial charge >= 0.3 is 0 Å². The first-order valence-corrected chi connectivity index (χ1v) is 13.7. The Hall–Kier alpha value is -1.06. The van der Waals surface area contributed by atoms with Crippen molar-refractivity contribution in [1.29, 1.82) is 0 Å². The number of piperidine rings is 1. The predicted octanol–water partition coefficient (Wildman–Crippen LogP) is 5.64. The summed E-state index contributed by atoms with van der Waals surface area (Å²) in [5.74, 6) is 2.41. The normalized spacial score (nSPS) is 44.9. The second-order valence-corrected chi connectivity index (χ2v) is 14.4. The molecule has 1 aromatic carbocycles. The van der Waals surface area contributed by atoms with E-state index in [1.165, 1.54) is 62.9 Å². The maximum Gasteiger partial charge on any atom is 0.126 e. The highest BCUT2D eigenvalue weighted by molar-refractivity contribution is 5.60. The summed E-state index contributed by atoms with van der Waals surface area (Å²) >= 11 is 0. The molecule has 3 heteroatoms. The average molecular weight is 450 g/mol. The number of hydrogen-bond acceptors (Lipinski definition) is 3. The van der Waals surface area contributed by atoms with Crippen molar-refractivity contribution in [3.8, 4) is 5.75 Å². The first-order valence-electron chi connectivity index (χ1n) is 13.7. The van der Waals surface area contributed by atoms with Crippen LogP contribution in [0, 0.1) is 35.0 Å². The van der Waals surface area contributed by atoms with E-state index in [-0.39, 0.29) is 33.7 Å². The third kappa shape index (κ3) is 2.27. The number of aliphatic hydroxyl groups is 1. The molecule has 4 bridgehead atoms. The van der Waals surface area contributed by atoms with Gasteiger partial charge in [-0.15, -0.1) is 0 Å². The first kappa shape index (κ1) is 21.2. The fraction of sp³-hybridized carbons (Fsp3) is 0.800. The lowest BCUT2D eigenvalue weighted by molar-refractivity contribution is -0.276. The van der Waals surface area contributed by atoms with Crippen LogP contribution in [0.5, 0.6) is 5.75 Å². The molecule has 1 aromatic rings. The van der Waals surface area contributed by atoms with Crippen LogP contribution in [0.1, 0.15) is 89.8 Å². The van der Waals surface area contributed by atoms with Crippen molar-refractivity contribution in [2.24, 2.45) is 28.1 Å². The third-order valence-electron chi connectivity index (χ3n) is 12.2. The number of fused-ring (bicyclic) bond motifs is 2. The molecule has 7 atom stereocenters. The van der Waals surface area contributed by atoms with Crippen molar-refractivity contribution in [1.82, 2.24) is 4.90 Å². The lowest BCUT2D eigenvalue weighted by Gasteiger charge is -2.75. The summed E-state index contributed by atoms with van der Waals surface area (Å²) in [5.41, 5.74) is 3.99. The highest BCUT2D eigenvalue weighted by atomic mass is 16.5. The van der Waals surface area contributed by atoms with Gasteiger partial charge in [-0.25, -0.2) is 0 Å². The summed E-state index contributed by atoms with van der Waals surface area (Å²) in [6, 6.07) is 5.35. The quantitative estimate of drug-likeness (QED) is 0.648. The largest absolute Gasteiger partial charge is 0.488 e. The summed E-state index contributed by atoms with van der Waals surface area (Å²) in [6.07, 6.45) is 9.11. The molecule has 1 saturated heterocycles. The molecule has 5 aliphatic carbocycles. The van der Waals surface area contributed by atoms with E-state index in [0.29, 0.717) is 6.04 Å². The summed E-state index contributed by atoms with van der Waals surface area (Å²) in [4.78, 5) is 2.91. The van der Waals surface area contributed by atoms with Crippen LogP contribution in [0.25, 0.3) is 0 Å². The van der Waals surface area contributed by atoms with E-state index in [9.17, 15) is 5.11 Å². The zero-order chi connectivity index (χ0) is 23.2. The Morgan fingerprint density at radius 3 is 2.58 bits per heavy atom. The molecule has 2 spiro atoms. The minimum absolute atomic E-state index is 0.00180. The number of aryl methyl sites for hydroxylation is 1. The Morgan fingerprint density at radius 1 is 1.12 bits per heavy atom. The molecule has 3 nitrogen and oxygen atoms in total. The maximum atomic E-state index is 12.2. The van der Waals surface area contributed by atoms with Gasteiger partial charge < -0.3 is 9.84 Å². The van der Waals surface area contributed by atoms with Crippen LogP contribution in [0.3, 0.4) is 0 Å². The van der Waals surface area contributed by atoms with Crippen molar-refractivity contribution < 1.29 is 9.84 Å². The summed E-state index contributed by atoms with van der Waals surface area (Å²) in [7, 11) is 0. The highest BCUT2D eigenvalue weighted by Gasteiger charge is 2.80. The zero-order valence-electron chi connectivity index (χ0n) is 21.6. The highest BCUT2D eigenvalue weighted by Crippen LogP contribution is 2.79. The van der Waals surface area contributed by atoms with Crippen molar-refractivity contribution in [3.05, 3.63) is 28.8 Å². The molecular weight excluding hydrogens is 406 g/mol. The third-order valence-corrected chi connectivity index (χ3v) is 12.2. The van der Waals surface area contributed by atoms with Crippen molar-refractivity contribution in [2.75, 3.05) is 13.1 Å². The molecule has 2 heterocycles. The van der Waals surface area contributed by atoms with Crippen LogP contribution in [0.15, 0.2) is 12.1 Å². The second-order valence-electron chi connectivity index (χ2n) is 14.4. The van der Waals surface area contributed by atoms with Crippen LogP contribution in [0.2, 0.25) is 0 Å². The molecule has 0 aromatic heterocycles. The first-order chi connectivity index (χ1) is 15.5. The van der Waals surface area contributed by atoms with Crippen LogP contribution in [-0.2, 0) is 11.8 Å². The van der Waals surface area contributed by atoms with E-state index < -0.39 is 5.60 Å². The molecule has 1 N–H and O–H groups in total. The van der Waals surface area contributed by atoms with Crippen LogP contribution < -0.4 is 4.74 Å². The van der Waals surface area contributed by atoms with Crippen LogP contribution in [0.4, 0.5) is 0 Å². The minimum Gasteiger partial charge on any atom is -0.488 e. The van der Waals surface area contributed by atoms with Gasteiger partial charge in [-0.2, -0.15) is 0 Å². The molecule has 2 aliphatic heterocycles. The molecule has 8 rings (SSSR count). The molecule has 7 aliphatic rings. The fourth-order valence-electron chi connectivity index (χ4n) is 9.86. The number of ether oxygens (including phenoxy) is 1.